The van der Waals surface area contributed by atoms with E-state index in [1.165, 1.54) is 5.56 Å². The molecule has 2 rings (SSSR count). The molecule has 0 fully saturated rings. The Hall–Kier alpha value is -1.32. The molecule has 0 aliphatic heterocycles. The van der Waals surface area contributed by atoms with Gasteiger partial charge in [0.2, 0.25) is 0 Å². The molecule has 2 aromatic rings. The molecule has 0 unspecified atom stereocenters. The monoisotopic (exact) mass is 249 g/mol. The van der Waals surface area contributed by atoms with Gasteiger partial charge in [-0.25, -0.2) is 4.98 Å². The van der Waals surface area contributed by atoms with E-state index in [2.05, 4.69) is 39.1 Å². The smallest absolute Gasteiger partial charge is 0.0922 e. The molecule has 1 heterocycles. The fourth-order valence-electron chi connectivity index (χ4n) is 1.79. The van der Waals surface area contributed by atoms with Crippen LogP contribution in [-0.2, 0) is 13.1 Å². The SMILES string of the molecule is ClCCN(Cc1ccccc1)Cc1cnc[nH]1. The highest BCUT2D eigenvalue weighted by Gasteiger charge is 2.07. The van der Waals surface area contributed by atoms with Crippen molar-refractivity contribution in [2.45, 2.75) is 13.1 Å². The zero-order valence-electron chi connectivity index (χ0n) is 9.64. The molecule has 0 spiro atoms. The summed E-state index contributed by atoms with van der Waals surface area (Å²) in [5, 5.41) is 0. The standard InChI is InChI=1S/C13H16ClN3/c14-6-7-17(10-13-8-15-11-16-13)9-12-4-2-1-3-5-12/h1-5,8,11H,6-7,9-10H2,(H,15,16). The summed E-state index contributed by atoms with van der Waals surface area (Å²) in [7, 11) is 0. The van der Waals surface area contributed by atoms with Gasteiger partial charge >= 0.3 is 0 Å². The van der Waals surface area contributed by atoms with Gasteiger partial charge in [0.15, 0.2) is 0 Å². The first-order chi connectivity index (χ1) is 8.38. The van der Waals surface area contributed by atoms with Crippen molar-refractivity contribution in [1.82, 2.24) is 14.9 Å². The second kappa shape index (κ2) is 6.42. The topological polar surface area (TPSA) is 31.9 Å². The Labute approximate surface area is 106 Å². The van der Waals surface area contributed by atoms with Crippen molar-refractivity contribution in [3.63, 3.8) is 0 Å². The Balaban J connectivity index is 1.97. The average Bonchev–Trinajstić information content (AvgIpc) is 2.83. The minimum Gasteiger partial charge on any atom is -0.347 e. The van der Waals surface area contributed by atoms with Crippen molar-refractivity contribution < 1.29 is 0 Å². The van der Waals surface area contributed by atoms with Crippen molar-refractivity contribution >= 4 is 11.6 Å². The number of nitrogens with zero attached hydrogens (tertiary/aromatic N) is 2. The fourth-order valence-corrected chi connectivity index (χ4v) is 2.03. The van der Waals surface area contributed by atoms with Gasteiger partial charge in [0.25, 0.3) is 0 Å². The van der Waals surface area contributed by atoms with Gasteiger partial charge in [-0.15, -0.1) is 11.6 Å². The Morgan fingerprint density at radius 3 is 2.65 bits per heavy atom. The van der Waals surface area contributed by atoms with Crippen LogP contribution in [0.1, 0.15) is 11.3 Å². The maximum absolute atomic E-state index is 5.84. The zero-order valence-corrected chi connectivity index (χ0v) is 10.4. The normalized spacial score (nSPS) is 10.9. The molecule has 0 bridgehead atoms. The minimum absolute atomic E-state index is 0.640. The summed E-state index contributed by atoms with van der Waals surface area (Å²) in [6.07, 6.45) is 3.56. The average molecular weight is 250 g/mol. The summed E-state index contributed by atoms with van der Waals surface area (Å²) in [6, 6.07) is 10.4. The van der Waals surface area contributed by atoms with Crippen LogP contribution in [0, 0.1) is 0 Å². The summed E-state index contributed by atoms with van der Waals surface area (Å²) < 4.78 is 0. The maximum Gasteiger partial charge on any atom is 0.0922 e. The van der Waals surface area contributed by atoms with Crippen molar-refractivity contribution in [3.8, 4) is 0 Å². The van der Waals surface area contributed by atoms with Crippen molar-refractivity contribution in [2.24, 2.45) is 0 Å². The van der Waals surface area contributed by atoms with Crippen LogP contribution in [0.4, 0.5) is 0 Å². The van der Waals surface area contributed by atoms with Gasteiger partial charge in [-0.1, -0.05) is 30.3 Å². The number of alkyl halides is 1. The van der Waals surface area contributed by atoms with Gasteiger partial charge in [0, 0.05) is 37.4 Å². The van der Waals surface area contributed by atoms with Crippen molar-refractivity contribution in [3.05, 3.63) is 54.1 Å². The maximum atomic E-state index is 5.84. The Bertz CT molecular complexity index is 413. The van der Waals surface area contributed by atoms with Crippen LogP contribution in [0.15, 0.2) is 42.9 Å². The molecule has 1 N–H and O–H groups in total. The van der Waals surface area contributed by atoms with Gasteiger partial charge in [-0.05, 0) is 5.56 Å². The van der Waals surface area contributed by atoms with E-state index in [0.717, 1.165) is 25.3 Å². The molecule has 90 valence electrons. The molecule has 0 aliphatic rings. The third kappa shape index (κ3) is 3.88. The molecule has 1 aromatic heterocycles. The minimum atomic E-state index is 0.640. The number of hydrogen-bond donors (Lipinski definition) is 1. The van der Waals surface area contributed by atoms with E-state index < -0.39 is 0 Å². The van der Waals surface area contributed by atoms with E-state index in [1.54, 1.807) is 6.33 Å². The van der Waals surface area contributed by atoms with Crippen LogP contribution < -0.4 is 0 Å². The van der Waals surface area contributed by atoms with Crippen LogP contribution in [0.25, 0.3) is 0 Å². The molecule has 0 amide bonds. The molecule has 0 atom stereocenters. The number of H-pyrrole nitrogens is 1. The largest absolute Gasteiger partial charge is 0.347 e. The van der Waals surface area contributed by atoms with Gasteiger partial charge in [-0.2, -0.15) is 0 Å². The molecule has 0 saturated heterocycles. The summed E-state index contributed by atoms with van der Waals surface area (Å²) in [4.78, 5) is 9.44. The predicted molar refractivity (Wildman–Crippen MR) is 69.9 cm³/mol. The van der Waals surface area contributed by atoms with Gasteiger partial charge in [-0.3, -0.25) is 4.90 Å². The lowest BCUT2D eigenvalue weighted by atomic mass is 10.2. The third-order valence-corrected chi connectivity index (χ3v) is 2.77. The predicted octanol–water partition coefficient (Wildman–Crippen LogP) is 2.65. The van der Waals surface area contributed by atoms with Crippen LogP contribution in [0.5, 0.6) is 0 Å². The van der Waals surface area contributed by atoms with E-state index in [1.807, 2.05) is 12.3 Å². The first kappa shape index (κ1) is 12.1. The number of nitrogens with one attached hydrogen (secondary N) is 1. The molecule has 0 aliphatic carbocycles. The van der Waals surface area contributed by atoms with Gasteiger partial charge in [0.05, 0.1) is 6.33 Å². The number of aromatic amines is 1. The molecule has 0 radical (unpaired) electrons. The first-order valence-electron chi connectivity index (χ1n) is 5.68. The fraction of sp³-hybridized carbons (Fsp3) is 0.308. The first-order valence-corrected chi connectivity index (χ1v) is 6.21. The van der Waals surface area contributed by atoms with Crippen molar-refractivity contribution in [1.29, 1.82) is 0 Å². The van der Waals surface area contributed by atoms with Crippen LogP contribution in [0.3, 0.4) is 0 Å². The van der Waals surface area contributed by atoms with E-state index in [4.69, 9.17) is 11.6 Å². The van der Waals surface area contributed by atoms with E-state index in [-0.39, 0.29) is 0 Å². The molecule has 3 nitrogen and oxygen atoms in total. The molecular weight excluding hydrogens is 234 g/mol. The highest BCUT2D eigenvalue weighted by molar-refractivity contribution is 6.18. The van der Waals surface area contributed by atoms with Crippen LogP contribution in [0.2, 0.25) is 0 Å². The second-order valence-corrected chi connectivity index (χ2v) is 4.34. The Kier molecular flexibility index (Phi) is 4.59. The lowest BCUT2D eigenvalue weighted by Gasteiger charge is -2.20. The van der Waals surface area contributed by atoms with E-state index in [0.29, 0.717) is 5.88 Å². The number of rotatable bonds is 6. The highest BCUT2D eigenvalue weighted by atomic mass is 35.5. The van der Waals surface area contributed by atoms with E-state index >= 15 is 0 Å². The molecule has 17 heavy (non-hydrogen) atoms. The van der Waals surface area contributed by atoms with Gasteiger partial charge < -0.3 is 4.98 Å². The Morgan fingerprint density at radius 1 is 1.18 bits per heavy atom. The summed E-state index contributed by atoms with van der Waals surface area (Å²) in [5.74, 6) is 0.640. The summed E-state index contributed by atoms with van der Waals surface area (Å²) >= 11 is 5.84. The van der Waals surface area contributed by atoms with Crippen LogP contribution >= 0.6 is 11.6 Å². The Morgan fingerprint density at radius 2 is 2.00 bits per heavy atom. The molecule has 4 heteroatoms. The van der Waals surface area contributed by atoms with E-state index in [9.17, 15) is 0 Å². The number of benzene rings is 1. The second-order valence-electron chi connectivity index (χ2n) is 3.96. The quantitative estimate of drug-likeness (QED) is 0.799. The van der Waals surface area contributed by atoms with Crippen LogP contribution in [-0.4, -0.2) is 27.3 Å². The lowest BCUT2D eigenvalue weighted by Crippen LogP contribution is -2.25. The number of imidazole rings is 1. The number of aromatic nitrogens is 2. The van der Waals surface area contributed by atoms with Gasteiger partial charge in [0.1, 0.15) is 0 Å². The number of hydrogen-bond acceptors (Lipinski definition) is 2. The van der Waals surface area contributed by atoms with Crippen molar-refractivity contribution in [2.75, 3.05) is 12.4 Å². The third-order valence-electron chi connectivity index (χ3n) is 2.60. The molecule has 1 aromatic carbocycles. The highest BCUT2D eigenvalue weighted by Crippen LogP contribution is 2.08. The number of halogens is 1. The molecular formula is C13H16ClN3. The summed E-state index contributed by atoms with van der Waals surface area (Å²) in [5.41, 5.74) is 2.42. The summed E-state index contributed by atoms with van der Waals surface area (Å²) in [6.45, 7) is 2.63. The lowest BCUT2D eigenvalue weighted by molar-refractivity contribution is 0.270. The zero-order chi connectivity index (χ0) is 11.9. The molecule has 0 saturated carbocycles.